The Labute approximate surface area is 192 Å². The lowest BCUT2D eigenvalue weighted by molar-refractivity contribution is -0.138. The van der Waals surface area contributed by atoms with E-state index in [1.165, 1.54) is 0 Å². The Morgan fingerprint density at radius 1 is 1.21 bits per heavy atom. The van der Waals surface area contributed by atoms with Crippen molar-refractivity contribution in [2.75, 3.05) is 32.8 Å². The third-order valence-corrected chi connectivity index (χ3v) is 6.49. The Hall–Kier alpha value is -3.38. The van der Waals surface area contributed by atoms with E-state index in [9.17, 15) is 10.1 Å². The van der Waals surface area contributed by atoms with Gasteiger partial charge in [0.25, 0.3) is 0 Å². The second kappa shape index (κ2) is 8.87. The summed E-state index contributed by atoms with van der Waals surface area (Å²) in [5.74, 6) is 1.46. The smallest absolute Gasteiger partial charge is 0.228 e. The van der Waals surface area contributed by atoms with Crippen molar-refractivity contribution in [2.24, 2.45) is 11.8 Å². The minimum absolute atomic E-state index is 0.156. The van der Waals surface area contributed by atoms with Crippen LogP contribution >= 0.6 is 0 Å². The van der Waals surface area contributed by atoms with E-state index in [-0.39, 0.29) is 17.9 Å². The number of amides is 1. The first-order chi connectivity index (χ1) is 16.0. The Balaban J connectivity index is 1.34. The summed E-state index contributed by atoms with van der Waals surface area (Å²) in [4.78, 5) is 14.5. The predicted molar refractivity (Wildman–Crippen MR) is 123 cm³/mol. The number of hydrogen-bond donors (Lipinski definition) is 1. The molecule has 0 atom stereocenters. The van der Waals surface area contributed by atoms with Crippen LogP contribution in [-0.2, 0) is 4.79 Å². The van der Waals surface area contributed by atoms with Gasteiger partial charge in [0.05, 0.1) is 31.0 Å². The number of nitrogens with one attached hydrogen (secondary N) is 1. The van der Waals surface area contributed by atoms with Gasteiger partial charge in [-0.05, 0) is 24.8 Å². The average molecular weight is 448 g/mol. The third kappa shape index (κ3) is 4.18. The Morgan fingerprint density at radius 2 is 2.00 bits per heavy atom. The molecule has 2 aliphatic heterocycles. The van der Waals surface area contributed by atoms with Gasteiger partial charge >= 0.3 is 0 Å². The summed E-state index contributed by atoms with van der Waals surface area (Å²) < 4.78 is 9.78. The molecular weight excluding hydrogens is 418 g/mol. The van der Waals surface area contributed by atoms with Crippen LogP contribution in [0.3, 0.4) is 0 Å². The molecule has 5 rings (SSSR count). The van der Waals surface area contributed by atoms with E-state index in [1.54, 1.807) is 10.7 Å². The number of hydrogen-bond acceptors (Lipinski definition) is 6. The first-order valence-corrected chi connectivity index (χ1v) is 11.6. The van der Waals surface area contributed by atoms with Crippen LogP contribution in [0, 0.1) is 23.2 Å². The number of nitriles is 1. The zero-order chi connectivity index (χ0) is 22.9. The van der Waals surface area contributed by atoms with Gasteiger partial charge in [-0.2, -0.15) is 15.5 Å². The molecule has 0 saturated carbocycles. The van der Waals surface area contributed by atoms with Crippen molar-refractivity contribution in [1.29, 1.82) is 5.26 Å². The number of piperidine rings is 1. The molecule has 9 nitrogen and oxygen atoms in total. The number of carbonyl (C=O) groups excluding carboxylic acids is 1. The van der Waals surface area contributed by atoms with Gasteiger partial charge < -0.3 is 15.0 Å². The quantitative estimate of drug-likeness (QED) is 0.623. The lowest BCUT2D eigenvalue weighted by Crippen LogP contribution is -2.53. The molecule has 172 valence electrons. The minimum Gasteiger partial charge on any atom is -0.491 e. The third-order valence-electron chi connectivity index (χ3n) is 6.49. The molecule has 0 radical (unpaired) electrons. The van der Waals surface area contributed by atoms with E-state index in [2.05, 4.69) is 41.6 Å². The lowest BCUT2D eigenvalue weighted by Gasteiger charge is -2.37. The van der Waals surface area contributed by atoms with Crippen LogP contribution in [0.25, 0.3) is 16.6 Å². The number of fused-ring (bicyclic) bond motifs is 1. The lowest BCUT2D eigenvalue weighted by atomic mass is 9.98. The molecule has 1 amide bonds. The van der Waals surface area contributed by atoms with Crippen LogP contribution in [0.1, 0.15) is 38.3 Å². The molecule has 0 spiro atoms. The van der Waals surface area contributed by atoms with Crippen LogP contribution in [-0.4, -0.2) is 63.0 Å². The summed E-state index contributed by atoms with van der Waals surface area (Å²) >= 11 is 0. The predicted octanol–water partition coefficient (Wildman–Crippen LogP) is 2.49. The van der Waals surface area contributed by atoms with Gasteiger partial charge in [0.1, 0.15) is 22.9 Å². The van der Waals surface area contributed by atoms with Crippen LogP contribution in [0.2, 0.25) is 0 Å². The second-order valence-electron chi connectivity index (χ2n) is 9.38. The second-order valence-corrected chi connectivity index (χ2v) is 9.38. The summed E-state index contributed by atoms with van der Waals surface area (Å²) in [5.41, 5.74) is 3.09. The van der Waals surface area contributed by atoms with Crippen molar-refractivity contribution < 1.29 is 9.53 Å². The Kier molecular flexibility index (Phi) is 5.77. The van der Waals surface area contributed by atoms with Crippen molar-refractivity contribution in [3.8, 4) is 22.9 Å². The molecule has 3 aromatic heterocycles. The topological polar surface area (TPSA) is 100 Å². The van der Waals surface area contributed by atoms with E-state index in [0.29, 0.717) is 29.4 Å². The molecule has 2 fully saturated rings. The normalized spacial score (nSPS) is 17.3. The molecular formula is C24H29N7O2. The zero-order valence-corrected chi connectivity index (χ0v) is 19.1. The van der Waals surface area contributed by atoms with E-state index < -0.39 is 0 Å². The number of pyridine rings is 1. The fraction of sp³-hybridized carbons (Fsp3) is 0.500. The molecule has 0 bridgehead atoms. The number of aromatic nitrogens is 4. The summed E-state index contributed by atoms with van der Waals surface area (Å²) in [7, 11) is 0. The largest absolute Gasteiger partial charge is 0.491 e. The number of likely N-dealkylation sites (tertiary alicyclic amines) is 1. The van der Waals surface area contributed by atoms with Gasteiger partial charge in [-0.15, -0.1) is 0 Å². The molecule has 0 aliphatic carbocycles. The maximum Gasteiger partial charge on any atom is 0.228 e. The SMILES string of the molecule is CC(C)COc1cc(-c2cnn(C3CCN(C(=O)C4CNC4)CC3)c2)cn2ncc(C#N)c12. The first kappa shape index (κ1) is 21.5. The summed E-state index contributed by atoms with van der Waals surface area (Å²) in [6.45, 7) is 7.91. The fourth-order valence-corrected chi connectivity index (χ4v) is 4.45. The Morgan fingerprint density at radius 3 is 2.67 bits per heavy atom. The van der Waals surface area contributed by atoms with Crippen LogP contribution < -0.4 is 10.1 Å². The highest BCUT2D eigenvalue weighted by molar-refractivity contribution is 5.80. The zero-order valence-electron chi connectivity index (χ0n) is 19.1. The molecule has 5 heterocycles. The van der Waals surface area contributed by atoms with Gasteiger partial charge in [0, 0.05) is 49.7 Å². The molecule has 9 heteroatoms. The average Bonchev–Trinajstić information content (AvgIpc) is 3.43. The summed E-state index contributed by atoms with van der Waals surface area (Å²) in [6.07, 6.45) is 9.20. The van der Waals surface area contributed by atoms with Crippen molar-refractivity contribution in [2.45, 2.75) is 32.7 Å². The fourth-order valence-electron chi connectivity index (χ4n) is 4.45. The van der Waals surface area contributed by atoms with E-state index >= 15 is 0 Å². The van der Waals surface area contributed by atoms with Crippen LogP contribution in [0.15, 0.2) is 30.9 Å². The van der Waals surface area contributed by atoms with Gasteiger partial charge in [0.2, 0.25) is 5.91 Å². The number of nitrogens with zero attached hydrogens (tertiary/aromatic N) is 6. The highest BCUT2D eigenvalue weighted by Crippen LogP contribution is 2.31. The van der Waals surface area contributed by atoms with E-state index in [1.807, 2.05) is 28.0 Å². The van der Waals surface area contributed by atoms with Crippen LogP contribution in [0.4, 0.5) is 0 Å². The van der Waals surface area contributed by atoms with Crippen molar-refractivity contribution >= 4 is 11.4 Å². The number of rotatable bonds is 6. The molecule has 0 unspecified atom stereocenters. The van der Waals surface area contributed by atoms with Gasteiger partial charge in [-0.1, -0.05) is 13.8 Å². The molecule has 33 heavy (non-hydrogen) atoms. The van der Waals surface area contributed by atoms with Gasteiger partial charge in [-0.25, -0.2) is 4.52 Å². The van der Waals surface area contributed by atoms with E-state index in [4.69, 9.17) is 4.74 Å². The van der Waals surface area contributed by atoms with Crippen LogP contribution in [0.5, 0.6) is 5.75 Å². The number of ether oxygens (including phenoxy) is 1. The van der Waals surface area contributed by atoms with Crippen molar-refractivity contribution in [3.63, 3.8) is 0 Å². The van der Waals surface area contributed by atoms with Gasteiger partial charge in [-0.3, -0.25) is 9.48 Å². The summed E-state index contributed by atoms with van der Waals surface area (Å²) in [5, 5.41) is 21.6. The molecule has 0 aromatic carbocycles. The number of carbonyl (C=O) groups is 1. The van der Waals surface area contributed by atoms with E-state index in [0.717, 1.165) is 50.1 Å². The molecule has 2 aliphatic rings. The maximum absolute atomic E-state index is 12.5. The molecule has 2 saturated heterocycles. The highest BCUT2D eigenvalue weighted by atomic mass is 16.5. The highest BCUT2D eigenvalue weighted by Gasteiger charge is 2.32. The molecule has 1 N–H and O–H groups in total. The van der Waals surface area contributed by atoms with Crippen molar-refractivity contribution in [1.82, 2.24) is 29.6 Å². The maximum atomic E-state index is 12.5. The van der Waals surface area contributed by atoms with Gasteiger partial charge in [0.15, 0.2) is 0 Å². The standard InChI is InChI=1S/C24H29N7O2/c1-16(2)15-33-22-7-17(13-31-23(22)18(8-25)11-28-31)20-12-27-30(14-20)21-3-5-29(6-4-21)24(32)19-9-26-10-19/h7,11-14,16,19,21,26H,3-6,9-10,15H2,1-2H3. The van der Waals surface area contributed by atoms with Crippen molar-refractivity contribution in [3.05, 3.63) is 36.4 Å². The minimum atomic E-state index is 0.156. The Bertz CT molecular complexity index is 1190. The first-order valence-electron chi connectivity index (χ1n) is 11.6. The monoisotopic (exact) mass is 447 g/mol. The molecule has 3 aromatic rings. The summed E-state index contributed by atoms with van der Waals surface area (Å²) in [6, 6.07) is 4.44.